The molecule has 0 aliphatic carbocycles. The van der Waals surface area contributed by atoms with Gasteiger partial charge in [-0.05, 0) is 23.6 Å². The van der Waals surface area contributed by atoms with E-state index in [4.69, 9.17) is 4.74 Å². The zero-order valence-corrected chi connectivity index (χ0v) is 10.3. The van der Waals surface area contributed by atoms with E-state index >= 15 is 0 Å². The summed E-state index contributed by atoms with van der Waals surface area (Å²) in [6.45, 7) is 4.72. The van der Waals surface area contributed by atoms with Crippen LogP contribution in [0.4, 0.5) is 4.39 Å². The van der Waals surface area contributed by atoms with Crippen molar-refractivity contribution in [1.29, 1.82) is 0 Å². The molecular weight excluding hydrogens is 219 g/mol. The van der Waals surface area contributed by atoms with Crippen molar-refractivity contribution in [2.75, 3.05) is 6.61 Å². The van der Waals surface area contributed by atoms with Gasteiger partial charge < -0.3 is 9.84 Å². The fourth-order valence-corrected chi connectivity index (χ4v) is 2.32. The number of hydrogen-bond donors (Lipinski definition) is 1. The first kappa shape index (κ1) is 12.5. The normalized spacial score (nSPS) is 29.6. The predicted molar refractivity (Wildman–Crippen MR) is 64.1 cm³/mol. The van der Waals surface area contributed by atoms with Gasteiger partial charge in [0, 0.05) is 12.8 Å². The van der Waals surface area contributed by atoms with Crippen LogP contribution >= 0.6 is 0 Å². The van der Waals surface area contributed by atoms with Crippen molar-refractivity contribution >= 4 is 0 Å². The molecule has 1 N–H and O–H groups in total. The molecule has 1 aromatic carbocycles. The van der Waals surface area contributed by atoms with Crippen molar-refractivity contribution in [2.45, 2.75) is 38.4 Å². The zero-order chi connectivity index (χ0) is 12.5. The van der Waals surface area contributed by atoms with Crippen LogP contribution in [-0.2, 0) is 10.3 Å². The summed E-state index contributed by atoms with van der Waals surface area (Å²) in [4.78, 5) is 0. The molecule has 1 fully saturated rings. The van der Waals surface area contributed by atoms with Crippen LogP contribution < -0.4 is 0 Å². The zero-order valence-electron chi connectivity index (χ0n) is 10.3. The Morgan fingerprint density at radius 2 is 2.00 bits per heavy atom. The van der Waals surface area contributed by atoms with Crippen LogP contribution in [0.5, 0.6) is 0 Å². The number of halogens is 1. The second kappa shape index (κ2) is 4.75. The first-order valence-corrected chi connectivity index (χ1v) is 6.11. The molecule has 1 heterocycles. The molecule has 2 atom stereocenters. The van der Waals surface area contributed by atoms with E-state index < -0.39 is 5.60 Å². The van der Waals surface area contributed by atoms with E-state index in [1.807, 2.05) is 0 Å². The van der Waals surface area contributed by atoms with Gasteiger partial charge in [-0.15, -0.1) is 0 Å². The first-order chi connectivity index (χ1) is 8.01. The van der Waals surface area contributed by atoms with Crippen LogP contribution in [0.25, 0.3) is 0 Å². The molecule has 0 radical (unpaired) electrons. The van der Waals surface area contributed by atoms with Gasteiger partial charge in [0.15, 0.2) is 0 Å². The number of aliphatic hydroxyl groups is 1. The highest BCUT2D eigenvalue weighted by molar-refractivity contribution is 5.23. The van der Waals surface area contributed by atoms with Gasteiger partial charge >= 0.3 is 0 Å². The summed E-state index contributed by atoms with van der Waals surface area (Å²) in [5.41, 5.74) is -0.0891. The fraction of sp³-hybridized carbons (Fsp3) is 0.571. The molecule has 2 unspecified atom stereocenters. The third-order valence-corrected chi connectivity index (χ3v) is 3.51. The molecule has 0 bridgehead atoms. The Bertz CT molecular complexity index is 374. The highest BCUT2D eigenvalue weighted by Gasteiger charge is 2.37. The van der Waals surface area contributed by atoms with Gasteiger partial charge in [-0.1, -0.05) is 26.0 Å². The topological polar surface area (TPSA) is 29.5 Å². The summed E-state index contributed by atoms with van der Waals surface area (Å²) in [5, 5.41) is 10.7. The molecule has 2 rings (SSSR count). The SMILES string of the molecule is CC(C)C1CC(O)(c2ccc(F)cc2)CCO1. The molecule has 1 aliphatic rings. The smallest absolute Gasteiger partial charge is 0.123 e. The lowest BCUT2D eigenvalue weighted by Gasteiger charge is -2.38. The van der Waals surface area contributed by atoms with E-state index in [1.165, 1.54) is 12.1 Å². The van der Waals surface area contributed by atoms with Crippen molar-refractivity contribution in [3.05, 3.63) is 35.6 Å². The van der Waals surface area contributed by atoms with E-state index in [9.17, 15) is 9.50 Å². The Morgan fingerprint density at radius 1 is 1.35 bits per heavy atom. The van der Waals surface area contributed by atoms with Crippen molar-refractivity contribution in [2.24, 2.45) is 5.92 Å². The van der Waals surface area contributed by atoms with Gasteiger partial charge in [0.2, 0.25) is 0 Å². The maximum atomic E-state index is 12.9. The number of ether oxygens (including phenoxy) is 1. The quantitative estimate of drug-likeness (QED) is 0.858. The van der Waals surface area contributed by atoms with Gasteiger partial charge in [-0.3, -0.25) is 0 Å². The van der Waals surface area contributed by atoms with E-state index in [0.29, 0.717) is 25.4 Å². The summed E-state index contributed by atoms with van der Waals surface area (Å²) in [6.07, 6.45) is 1.22. The minimum atomic E-state index is -0.874. The van der Waals surface area contributed by atoms with Crippen molar-refractivity contribution in [3.8, 4) is 0 Å². The Kier molecular flexibility index (Phi) is 3.50. The van der Waals surface area contributed by atoms with Crippen LogP contribution in [0, 0.1) is 11.7 Å². The van der Waals surface area contributed by atoms with Gasteiger partial charge in [0.1, 0.15) is 5.82 Å². The first-order valence-electron chi connectivity index (χ1n) is 6.11. The fourth-order valence-electron chi connectivity index (χ4n) is 2.32. The Morgan fingerprint density at radius 3 is 2.59 bits per heavy atom. The highest BCUT2D eigenvalue weighted by atomic mass is 19.1. The maximum Gasteiger partial charge on any atom is 0.123 e. The van der Waals surface area contributed by atoms with Gasteiger partial charge in [-0.25, -0.2) is 4.39 Å². The average Bonchev–Trinajstić information content (AvgIpc) is 2.29. The molecular formula is C14H19FO2. The van der Waals surface area contributed by atoms with Crippen molar-refractivity contribution in [1.82, 2.24) is 0 Å². The van der Waals surface area contributed by atoms with Crippen molar-refractivity contribution in [3.63, 3.8) is 0 Å². The summed E-state index contributed by atoms with van der Waals surface area (Å²) in [5.74, 6) is 0.104. The molecule has 3 heteroatoms. The molecule has 17 heavy (non-hydrogen) atoms. The maximum absolute atomic E-state index is 12.9. The van der Waals surface area contributed by atoms with Gasteiger partial charge in [0.05, 0.1) is 18.3 Å². The standard InChI is InChI=1S/C14H19FO2/c1-10(2)13-9-14(16,7-8-17-13)11-3-5-12(15)6-4-11/h3-6,10,13,16H,7-9H2,1-2H3. The second-order valence-electron chi connectivity index (χ2n) is 5.15. The molecule has 1 aromatic rings. The highest BCUT2D eigenvalue weighted by Crippen LogP contribution is 2.36. The summed E-state index contributed by atoms with van der Waals surface area (Å²) >= 11 is 0. The lowest BCUT2D eigenvalue weighted by Crippen LogP contribution is -2.40. The van der Waals surface area contributed by atoms with Crippen LogP contribution in [-0.4, -0.2) is 17.8 Å². The largest absolute Gasteiger partial charge is 0.385 e. The third-order valence-electron chi connectivity index (χ3n) is 3.51. The van der Waals surface area contributed by atoms with Crippen LogP contribution in [0.2, 0.25) is 0 Å². The number of benzene rings is 1. The van der Waals surface area contributed by atoms with Crippen LogP contribution in [0.3, 0.4) is 0 Å². The molecule has 1 saturated heterocycles. The predicted octanol–water partition coefficient (Wildman–Crippen LogP) is 2.85. The lowest BCUT2D eigenvalue weighted by atomic mass is 9.81. The van der Waals surface area contributed by atoms with Gasteiger partial charge in [0.25, 0.3) is 0 Å². The van der Waals surface area contributed by atoms with Gasteiger partial charge in [-0.2, -0.15) is 0 Å². The molecule has 0 aromatic heterocycles. The lowest BCUT2D eigenvalue weighted by molar-refractivity contribution is -0.121. The molecule has 0 spiro atoms. The van der Waals surface area contributed by atoms with Crippen LogP contribution in [0.1, 0.15) is 32.3 Å². The summed E-state index contributed by atoms with van der Waals surface area (Å²) in [7, 11) is 0. The van der Waals surface area contributed by atoms with Crippen molar-refractivity contribution < 1.29 is 14.2 Å². The van der Waals surface area contributed by atoms with E-state index in [2.05, 4.69) is 13.8 Å². The molecule has 2 nitrogen and oxygen atoms in total. The molecule has 1 aliphatic heterocycles. The number of hydrogen-bond acceptors (Lipinski definition) is 2. The van der Waals surface area contributed by atoms with E-state index in [-0.39, 0.29) is 11.9 Å². The summed E-state index contributed by atoms with van der Waals surface area (Å²) < 4.78 is 18.5. The molecule has 94 valence electrons. The molecule has 0 saturated carbocycles. The Hall–Kier alpha value is -0.930. The summed E-state index contributed by atoms with van der Waals surface area (Å²) in [6, 6.07) is 6.12. The minimum Gasteiger partial charge on any atom is -0.385 e. The average molecular weight is 238 g/mol. The second-order valence-corrected chi connectivity index (χ2v) is 5.15. The Balaban J connectivity index is 2.20. The third kappa shape index (κ3) is 2.67. The van der Waals surface area contributed by atoms with E-state index in [0.717, 1.165) is 5.56 Å². The Labute approximate surface area is 101 Å². The van der Waals surface area contributed by atoms with E-state index in [1.54, 1.807) is 12.1 Å². The monoisotopic (exact) mass is 238 g/mol. The minimum absolute atomic E-state index is 0.0683. The molecule has 0 amide bonds. The number of rotatable bonds is 2. The van der Waals surface area contributed by atoms with Crippen LogP contribution in [0.15, 0.2) is 24.3 Å².